The van der Waals surface area contributed by atoms with Gasteiger partial charge in [0.2, 0.25) is 5.91 Å². The number of primary amides is 1. The largest absolute Gasteiger partial charge is 0.368 e. The fraction of sp³-hybridized carbons (Fsp3) is 0.545. The summed E-state index contributed by atoms with van der Waals surface area (Å²) < 4.78 is 26.3. The third-order valence-electron chi connectivity index (χ3n) is 3.08. The maximum atomic E-state index is 12.4. The Morgan fingerprint density at radius 2 is 2.28 bits per heavy atom. The molecular formula is C11H16N2O3S2. The molecule has 1 saturated heterocycles. The van der Waals surface area contributed by atoms with Gasteiger partial charge in [-0.2, -0.15) is 4.31 Å². The molecule has 2 N–H and O–H groups in total. The number of nitrogens with zero attached hydrogens (tertiary/aromatic N) is 1. The summed E-state index contributed by atoms with van der Waals surface area (Å²) in [5.41, 5.74) is 5.25. The van der Waals surface area contributed by atoms with Gasteiger partial charge in [0.1, 0.15) is 10.3 Å². The Bertz CT molecular complexity index is 550. The lowest BCUT2D eigenvalue weighted by atomic mass is 10.2. The van der Waals surface area contributed by atoms with Gasteiger partial charge in [-0.3, -0.25) is 4.79 Å². The van der Waals surface area contributed by atoms with Crippen LogP contribution in [0.3, 0.4) is 0 Å². The van der Waals surface area contributed by atoms with E-state index in [2.05, 4.69) is 0 Å². The van der Waals surface area contributed by atoms with Crippen molar-refractivity contribution >= 4 is 27.3 Å². The number of nitrogens with two attached hydrogens (primary N) is 1. The van der Waals surface area contributed by atoms with E-state index in [4.69, 9.17) is 5.73 Å². The number of amides is 1. The maximum Gasteiger partial charge on any atom is 0.253 e. The molecule has 5 nitrogen and oxygen atoms in total. The second kappa shape index (κ2) is 4.99. The molecule has 0 radical (unpaired) electrons. The van der Waals surface area contributed by atoms with Crippen LogP contribution in [0.5, 0.6) is 0 Å². The molecular weight excluding hydrogens is 272 g/mol. The van der Waals surface area contributed by atoms with Gasteiger partial charge in [-0.05, 0) is 31.4 Å². The fourth-order valence-electron chi connectivity index (χ4n) is 2.11. The van der Waals surface area contributed by atoms with Crippen molar-refractivity contribution in [2.24, 2.45) is 5.73 Å². The van der Waals surface area contributed by atoms with Crippen LogP contribution < -0.4 is 5.73 Å². The predicted molar refractivity (Wildman–Crippen MR) is 69.8 cm³/mol. The van der Waals surface area contributed by atoms with Gasteiger partial charge in [0.25, 0.3) is 10.0 Å². The lowest BCUT2D eigenvalue weighted by molar-refractivity contribution is -0.121. The average molecular weight is 288 g/mol. The average Bonchev–Trinajstić information content (AvgIpc) is 2.98. The first-order valence-electron chi connectivity index (χ1n) is 5.86. The Kier molecular flexibility index (Phi) is 3.74. The molecule has 2 rings (SSSR count). The van der Waals surface area contributed by atoms with Crippen molar-refractivity contribution in [2.45, 2.75) is 36.4 Å². The smallest absolute Gasteiger partial charge is 0.253 e. The van der Waals surface area contributed by atoms with Crippen LogP contribution in [-0.2, 0) is 21.2 Å². The molecule has 0 aliphatic carbocycles. The third-order valence-corrected chi connectivity index (χ3v) is 6.69. The molecule has 100 valence electrons. The molecule has 0 spiro atoms. The molecule has 1 amide bonds. The number of rotatable bonds is 4. The van der Waals surface area contributed by atoms with Crippen molar-refractivity contribution in [3.8, 4) is 0 Å². The Morgan fingerprint density at radius 3 is 2.83 bits per heavy atom. The van der Waals surface area contributed by atoms with Crippen LogP contribution in [0.1, 0.15) is 24.6 Å². The van der Waals surface area contributed by atoms with Crippen molar-refractivity contribution < 1.29 is 13.2 Å². The first kappa shape index (κ1) is 13.5. The summed E-state index contributed by atoms with van der Waals surface area (Å²) in [7, 11) is -3.57. The van der Waals surface area contributed by atoms with E-state index in [9.17, 15) is 13.2 Å². The zero-order valence-corrected chi connectivity index (χ0v) is 11.8. The van der Waals surface area contributed by atoms with Crippen molar-refractivity contribution in [3.05, 3.63) is 17.0 Å². The van der Waals surface area contributed by atoms with Gasteiger partial charge in [0.15, 0.2) is 0 Å². The predicted octanol–water partition coefficient (Wildman–Crippen LogP) is 0.949. The van der Waals surface area contributed by atoms with Crippen LogP contribution in [0.15, 0.2) is 16.3 Å². The first-order valence-corrected chi connectivity index (χ1v) is 8.12. The number of carbonyl (C=O) groups is 1. The standard InChI is InChI=1S/C11H16N2O3S2/c1-2-8-5-6-10(17-8)18(15,16)13-7-3-4-9(13)11(12)14/h5-6,9H,2-4,7H2,1H3,(H2,12,14). The number of hydrogen-bond donors (Lipinski definition) is 1. The minimum atomic E-state index is -3.57. The summed E-state index contributed by atoms with van der Waals surface area (Å²) >= 11 is 1.26. The van der Waals surface area contributed by atoms with E-state index >= 15 is 0 Å². The number of carbonyl (C=O) groups excluding carboxylic acids is 1. The molecule has 0 saturated carbocycles. The van der Waals surface area contributed by atoms with Gasteiger partial charge in [0, 0.05) is 11.4 Å². The van der Waals surface area contributed by atoms with Crippen LogP contribution in [0.2, 0.25) is 0 Å². The summed E-state index contributed by atoms with van der Waals surface area (Å²) in [6, 6.07) is 2.73. The van der Waals surface area contributed by atoms with Crippen LogP contribution in [0.4, 0.5) is 0 Å². The topological polar surface area (TPSA) is 80.5 Å². The Labute approximate surface area is 111 Å². The van der Waals surface area contributed by atoms with Crippen LogP contribution in [-0.4, -0.2) is 31.2 Å². The summed E-state index contributed by atoms with van der Waals surface area (Å²) in [6.45, 7) is 2.35. The minimum Gasteiger partial charge on any atom is -0.368 e. The highest BCUT2D eigenvalue weighted by atomic mass is 32.2. The molecule has 1 unspecified atom stereocenters. The van der Waals surface area contributed by atoms with Crippen LogP contribution in [0, 0.1) is 0 Å². The molecule has 1 fully saturated rings. The second-order valence-corrected chi connectivity index (χ2v) is 7.54. The number of hydrogen-bond acceptors (Lipinski definition) is 4. The Hall–Kier alpha value is -0.920. The number of aryl methyl sites for hydroxylation is 1. The van der Waals surface area contributed by atoms with E-state index in [-0.39, 0.29) is 0 Å². The second-order valence-electron chi connectivity index (χ2n) is 4.25. The van der Waals surface area contributed by atoms with Crippen molar-refractivity contribution in [1.82, 2.24) is 4.31 Å². The van der Waals surface area contributed by atoms with Gasteiger partial charge in [-0.1, -0.05) is 6.92 Å². The highest BCUT2D eigenvalue weighted by Crippen LogP contribution is 2.30. The van der Waals surface area contributed by atoms with E-state index in [0.29, 0.717) is 23.6 Å². The van der Waals surface area contributed by atoms with Crippen molar-refractivity contribution in [3.63, 3.8) is 0 Å². The molecule has 0 aromatic carbocycles. The van der Waals surface area contributed by atoms with E-state index in [1.54, 1.807) is 6.07 Å². The van der Waals surface area contributed by atoms with E-state index in [1.807, 2.05) is 13.0 Å². The highest BCUT2D eigenvalue weighted by Gasteiger charge is 2.38. The lowest BCUT2D eigenvalue weighted by Crippen LogP contribution is -2.43. The van der Waals surface area contributed by atoms with Crippen molar-refractivity contribution in [2.75, 3.05) is 6.54 Å². The van der Waals surface area contributed by atoms with E-state index in [1.165, 1.54) is 15.6 Å². The zero-order valence-electron chi connectivity index (χ0n) is 10.1. The molecule has 7 heteroatoms. The summed E-state index contributed by atoms with van der Waals surface area (Å²) in [4.78, 5) is 12.3. The van der Waals surface area contributed by atoms with Gasteiger partial charge < -0.3 is 5.73 Å². The van der Waals surface area contributed by atoms with E-state index in [0.717, 1.165) is 11.3 Å². The SMILES string of the molecule is CCc1ccc(S(=O)(=O)N2CCCC2C(N)=O)s1. The molecule has 2 heterocycles. The number of thiophene rings is 1. The summed E-state index contributed by atoms with van der Waals surface area (Å²) in [6.07, 6.45) is 2.00. The summed E-state index contributed by atoms with van der Waals surface area (Å²) in [5, 5.41) is 0. The van der Waals surface area contributed by atoms with Gasteiger partial charge >= 0.3 is 0 Å². The van der Waals surface area contributed by atoms with Gasteiger partial charge in [-0.25, -0.2) is 8.42 Å². The molecule has 1 aromatic rings. The Balaban J connectivity index is 2.33. The molecule has 1 aliphatic rings. The zero-order chi connectivity index (χ0) is 13.3. The molecule has 0 bridgehead atoms. The first-order chi connectivity index (χ1) is 8.46. The molecule has 1 atom stereocenters. The quantitative estimate of drug-likeness (QED) is 0.895. The normalized spacial score (nSPS) is 21.3. The number of sulfonamides is 1. The molecule has 1 aromatic heterocycles. The minimum absolute atomic E-state index is 0.299. The highest BCUT2D eigenvalue weighted by molar-refractivity contribution is 7.91. The van der Waals surface area contributed by atoms with Gasteiger partial charge in [0.05, 0.1) is 0 Å². The maximum absolute atomic E-state index is 12.4. The van der Waals surface area contributed by atoms with E-state index < -0.39 is 22.0 Å². The third kappa shape index (κ3) is 2.30. The monoisotopic (exact) mass is 288 g/mol. The molecule has 1 aliphatic heterocycles. The van der Waals surface area contributed by atoms with Crippen LogP contribution >= 0.6 is 11.3 Å². The van der Waals surface area contributed by atoms with Crippen molar-refractivity contribution in [1.29, 1.82) is 0 Å². The fourth-order valence-corrected chi connectivity index (χ4v) is 5.20. The lowest BCUT2D eigenvalue weighted by Gasteiger charge is -2.20. The summed E-state index contributed by atoms with van der Waals surface area (Å²) in [5.74, 6) is -0.566. The Morgan fingerprint density at radius 1 is 1.56 bits per heavy atom. The van der Waals surface area contributed by atoms with Gasteiger partial charge in [-0.15, -0.1) is 11.3 Å². The van der Waals surface area contributed by atoms with Crippen LogP contribution in [0.25, 0.3) is 0 Å². The molecule has 18 heavy (non-hydrogen) atoms.